The van der Waals surface area contributed by atoms with Crippen LogP contribution in [0.3, 0.4) is 0 Å². The molecule has 1 aromatic heterocycles. The molecule has 1 aliphatic carbocycles. The Kier molecular flexibility index (Phi) is 5.61. The number of aromatic nitrogens is 1. The van der Waals surface area contributed by atoms with Crippen LogP contribution in [0.2, 0.25) is 0 Å². The molecule has 1 fully saturated rings. The van der Waals surface area contributed by atoms with E-state index in [4.69, 9.17) is 27.9 Å². The number of benzene rings is 1. The molecule has 0 saturated heterocycles. The molecular formula is C18H15Cl2F3N2O3S. The molecule has 1 amide bonds. The molecule has 1 aromatic carbocycles. The third kappa shape index (κ3) is 4.36. The van der Waals surface area contributed by atoms with Gasteiger partial charge in [-0.1, -0.05) is 6.07 Å². The van der Waals surface area contributed by atoms with Crippen LogP contribution in [-0.4, -0.2) is 21.2 Å². The maximum absolute atomic E-state index is 13.0. The van der Waals surface area contributed by atoms with E-state index >= 15 is 0 Å². The fourth-order valence-corrected chi connectivity index (χ4v) is 4.19. The van der Waals surface area contributed by atoms with Crippen LogP contribution in [0.25, 0.3) is 0 Å². The fraction of sp³-hybridized carbons (Fsp3) is 0.389. The summed E-state index contributed by atoms with van der Waals surface area (Å²) in [5, 5.41) is 1.71. The summed E-state index contributed by atoms with van der Waals surface area (Å²) < 4.78 is 43.0. The lowest BCUT2D eigenvalue weighted by molar-refractivity contribution is -0.151. The second-order valence-electron chi connectivity index (χ2n) is 6.81. The van der Waals surface area contributed by atoms with E-state index in [1.165, 1.54) is 19.1 Å². The second-order valence-corrected chi connectivity index (χ2v) is 9.13. The zero-order chi connectivity index (χ0) is 21.6. The van der Waals surface area contributed by atoms with Crippen LogP contribution in [0, 0.1) is 5.41 Å². The molecule has 29 heavy (non-hydrogen) atoms. The average Bonchev–Trinajstić information content (AvgIpc) is 2.93. The summed E-state index contributed by atoms with van der Waals surface area (Å²) in [6.07, 6.45) is -4.27. The Morgan fingerprint density at radius 1 is 1.34 bits per heavy atom. The van der Waals surface area contributed by atoms with Crippen molar-refractivity contribution in [1.29, 1.82) is 0 Å². The van der Waals surface area contributed by atoms with E-state index in [9.17, 15) is 22.8 Å². The molecule has 0 spiro atoms. The smallest absolute Gasteiger partial charge is 0.416 e. The van der Waals surface area contributed by atoms with E-state index in [2.05, 4.69) is 4.98 Å². The van der Waals surface area contributed by atoms with Gasteiger partial charge in [-0.15, -0.1) is 34.5 Å². The highest BCUT2D eigenvalue weighted by atomic mass is 35.5. The van der Waals surface area contributed by atoms with Gasteiger partial charge < -0.3 is 4.74 Å². The van der Waals surface area contributed by atoms with Gasteiger partial charge in [-0.25, -0.2) is 4.98 Å². The molecule has 1 atom stereocenters. The third-order valence-electron chi connectivity index (χ3n) is 4.54. The van der Waals surface area contributed by atoms with Gasteiger partial charge in [0.15, 0.2) is 5.13 Å². The first kappa shape index (κ1) is 21.9. The van der Waals surface area contributed by atoms with Crippen LogP contribution >= 0.6 is 34.5 Å². The van der Waals surface area contributed by atoms with Gasteiger partial charge in [0.25, 0.3) is 0 Å². The van der Waals surface area contributed by atoms with E-state index in [0.29, 0.717) is 5.69 Å². The highest BCUT2D eigenvalue weighted by molar-refractivity contribution is 7.14. The highest BCUT2D eigenvalue weighted by Gasteiger charge is 2.69. The Balaban J connectivity index is 1.77. The van der Waals surface area contributed by atoms with E-state index < -0.39 is 33.4 Å². The molecular weight excluding hydrogens is 452 g/mol. The van der Waals surface area contributed by atoms with Crippen molar-refractivity contribution in [3.8, 4) is 0 Å². The van der Waals surface area contributed by atoms with E-state index in [-0.39, 0.29) is 23.8 Å². The monoisotopic (exact) mass is 466 g/mol. The van der Waals surface area contributed by atoms with Crippen LogP contribution < -0.4 is 4.90 Å². The van der Waals surface area contributed by atoms with Gasteiger partial charge in [-0.3, -0.25) is 14.5 Å². The first-order valence-corrected chi connectivity index (χ1v) is 9.96. The number of amides is 1. The van der Waals surface area contributed by atoms with Gasteiger partial charge in [-0.05, 0) is 25.1 Å². The molecule has 1 aliphatic rings. The normalized spacial score (nSPS) is 20.2. The minimum absolute atomic E-state index is 0.0322. The van der Waals surface area contributed by atoms with Crippen molar-refractivity contribution in [3.63, 3.8) is 0 Å². The number of esters is 1. The number of rotatable bonds is 5. The fourth-order valence-electron chi connectivity index (χ4n) is 2.63. The largest absolute Gasteiger partial charge is 0.459 e. The van der Waals surface area contributed by atoms with Gasteiger partial charge in [0.2, 0.25) is 5.91 Å². The number of carbonyl (C=O) groups is 2. The van der Waals surface area contributed by atoms with E-state index in [0.717, 1.165) is 28.4 Å². The maximum Gasteiger partial charge on any atom is 0.416 e. The zero-order valence-electron chi connectivity index (χ0n) is 15.2. The Morgan fingerprint density at radius 2 is 2.00 bits per heavy atom. The molecule has 2 aromatic rings. The SMILES string of the molecule is CC(=O)N(c1cccc(C(F)(F)F)c1)c1nc(COC(=O)[C@@]2(C)CC2(Cl)Cl)cs1. The number of thiazole rings is 1. The number of carbonyl (C=O) groups excluding carboxylic acids is 2. The number of hydrogen-bond acceptors (Lipinski definition) is 5. The van der Waals surface area contributed by atoms with Crippen molar-refractivity contribution in [1.82, 2.24) is 4.98 Å². The minimum Gasteiger partial charge on any atom is -0.459 e. The molecule has 1 saturated carbocycles. The molecule has 0 unspecified atom stereocenters. The molecule has 3 rings (SSSR count). The lowest BCUT2D eigenvalue weighted by Crippen LogP contribution is -2.23. The molecule has 0 bridgehead atoms. The van der Waals surface area contributed by atoms with Crippen molar-refractivity contribution in [2.24, 2.45) is 5.41 Å². The third-order valence-corrected chi connectivity index (χ3v) is 6.51. The van der Waals surface area contributed by atoms with Crippen molar-refractivity contribution in [3.05, 3.63) is 40.9 Å². The number of alkyl halides is 5. The van der Waals surface area contributed by atoms with E-state index in [1.54, 1.807) is 12.3 Å². The Morgan fingerprint density at radius 3 is 2.55 bits per heavy atom. The number of nitrogens with zero attached hydrogens (tertiary/aromatic N) is 2. The lowest BCUT2D eigenvalue weighted by Gasteiger charge is -2.19. The van der Waals surface area contributed by atoms with Gasteiger partial charge in [0, 0.05) is 18.7 Å². The first-order valence-electron chi connectivity index (χ1n) is 8.32. The van der Waals surface area contributed by atoms with Crippen LogP contribution in [0.15, 0.2) is 29.6 Å². The summed E-state index contributed by atoms with van der Waals surface area (Å²) in [5.41, 5.74) is -1.49. The van der Waals surface area contributed by atoms with Gasteiger partial charge in [0.05, 0.1) is 16.9 Å². The zero-order valence-corrected chi connectivity index (χ0v) is 17.5. The number of halogens is 5. The summed E-state index contributed by atoms with van der Waals surface area (Å²) >= 11 is 12.9. The molecule has 0 N–H and O–H groups in total. The van der Waals surface area contributed by atoms with Gasteiger partial charge in [-0.2, -0.15) is 13.2 Å². The highest BCUT2D eigenvalue weighted by Crippen LogP contribution is 2.64. The van der Waals surface area contributed by atoms with Crippen LogP contribution in [-0.2, 0) is 27.1 Å². The summed E-state index contributed by atoms with van der Waals surface area (Å²) in [4.78, 5) is 29.5. The summed E-state index contributed by atoms with van der Waals surface area (Å²) in [5.74, 6) is -1.08. The van der Waals surface area contributed by atoms with Gasteiger partial charge >= 0.3 is 12.1 Å². The number of ether oxygens (including phenoxy) is 1. The average molecular weight is 467 g/mol. The van der Waals surface area contributed by atoms with Crippen molar-refractivity contribution >= 4 is 57.2 Å². The van der Waals surface area contributed by atoms with E-state index in [1.807, 2.05) is 0 Å². The van der Waals surface area contributed by atoms with Crippen molar-refractivity contribution in [2.45, 2.75) is 37.4 Å². The predicted molar refractivity (Wildman–Crippen MR) is 103 cm³/mol. The maximum atomic E-state index is 13.0. The van der Waals surface area contributed by atoms with Crippen LogP contribution in [0.1, 0.15) is 31.5 Å². The Bertz CT molecular complexity index is 964. The van der Waals surface area contributed by atoms with Crippen LogP contribution in [0.5, 0.6) is 0 Å². The molecule has 5 nitrogen and oxygen atoms in total. The topological polar surface area (TPSA) is 59.5 Å². The summed E-state index contributed by atoms with van der Waals surface area (Å²) in [6, 6.07) is 4.38. The first-order chi connectivity index (χ1) is 13.3. The van der Waals surface area contributed by atoms with Crippen molar-refractivity contribution in [2.75, 3.05) is 4.90 Å². The molecule has 156 valence electrons. The lowest BCUT2D eigenvalue weighted by atomic mass is 10.1. The Labute approximate surface area is 178 Å². The predicted octanol–water partition coefficient (Wildman–Crippen LogP) is 5.47. The molecule has 1 heterocycles. The minimum atomic E-state index is -4.54. The summed E-state index contributed by atoms with van der Waals surface area (Å²) in [6.45, 7) is 2.63. The summed E-state index contributed by atoms with van der Waals surface area (Å²) in [7, 11) is 0. The van der Waals surface area contributed by atoms with Gasteiger partial charge in [0.1, 0.15) is 16.4 Å². The molecule has 0 radical (unpaired) electrons. The van der Waals surface area contributed by atoms with Crippen LogP contribution in [0.4, 0.5) is 24.0 Å². The number of anilines is 2. The Hall–Kier alpha value is -1.84. The molecule has 0 aliphatic heterocycles. The second kappa shape index (κ2) is 7.45. The standard InChI is InChI=1S/C18H15Cl2F3N2O3S/c1-10(26)25(13-5-3-4-11(6-13)18(21,22)23)15-24-12(8-29-15)7-28-14(27)16(2)9-17(16,19)20/h3-6,8H,7,9H2,1-2H3/t16-/m1/s1. The number of hydrogen-bond donors (Lipinski definition) is 0. The molecule has 11 heteroatoms. The van der Waals surface area contributed by atoms with Crippen molar-refractivity contribution < 1.29 is 27.5 Å². The quantitative estimate of drug-likeness (QED) is 0.432.